The van der Waals surface area contributed by atoms with Gasteiger partial charge >= 0.3 is 0 Å². The van der Waals surface area contributed by atoms with E-state index in [-0.39, 0.29) is 17.3 Å². The van der Waals surface area contributed by atoms with Crippen LogP contribution in [-0.2, 0) is 14.6 Å². The molecular formula is C22H18N2O4S. The minimum absolute atomic E-state index is 0.0122. The van der Waals surface area contributed by atoms with Crippen LogP contribution in [-0.4, -0.2) is 27.2 Å². The van der Waals surface area contributed by atoms with Gasteiger partial charge in [0.15, 0.2) is 16.4 Å². The van der Waals surface area contributed by atoms with Crippen LogP contribution in [0.4, 0.5) is 5.69 Å². The number of amides is 1. The lowest BCUT2D eigenvalue weighted by Crippen LogP contribution is -2.21. The van der Waals surface area contributed by atoms with Crippen molar-refractivity contribution in [2.45, 2.75) is 4.90 Å². The lowest BCUT2D eigenvalue weighted by atomic mass is 10.0. The lowest BCUT2D eigenvalue weighted by molar-refractivity contribution is -0.118. The average molecular weight is 406 g/mol. The van der Waals surface area contributed by atoms with E-state index >= 15 is 0 Å². The minimum atomic E-state index is -3.57. The summed E-state index contributed by atoms with van der Waals surface area (Å²) in [5.41, 5.74) is 2.22. The highest BCUT2D eigenvalue weighted by Gasteiger charge is 2.20. The van der Waals surface area contributed by atoms with Gasteiger partial charge in [-0.1, -0.05) is 48.5 Å². The minimum Gasteiger partial charge on any atom is -0.482 e. The molecular weight excluding hydrogens is 388 g/mol. The van der Waals surface area contributed by atoms with Gasteiger partial charge in [0, 0.05) is 17.5 Å². The molecule has 0 aliphatic carbocycles. The summed E-state index contributed by atoms with van der Waals surface area (Å²) in [5.74, 6) is -0.343. The second-order valence-electron chi connectivity index (χ2n) is 6.30. The first-order valence-corrected chi connectivity index (χ1v) is 10.6. The molecule has 0 aliphatic heterocycles. The SMILES string of the molecule is CS(=O)(=O)c1cccc(-c2ccccc2)c1OCC(=O)Nc1cccc(C#N)c1. The smallest absolute Gasteiger partial charge is 0.262 e. The maximum Gasteiger partial charge on any atom is 0.262 e. The van der Waals surface area contributed by atoms with E-state index in [2.05, 4.69) is 5.32 Å². The molecule has 0 fully saturated rings. The summed E-state index contributed by atoms with van der Waals surface area (Å²) >= 11 is 0. The number of carbonyl (C=O) groups is 1. The van der Waals surface area contributed by atoms with E-state index in [4.69, 9.17) is 10.00 Å². The zero-order chi connectivity index (χ0) is 20.9. The van der Waals surface area contributed by atoms with Crippen LogP contribution in [0.3, 0.4) is 0 Å². The monoisotopic (exact) mass is 406 g/mol. The number of hydrogen-bond acceptors (Lipinski definition) is 5. The fourth-order valence-electron chi connectivity index (χ4n) is 2.80. The third-order valence-electron chi connectivity index (χ3n) is 4.09. The number of carbonyl (C=O) groups excluding carboxylic acids is 1. The molecule has 0 saturated carbocycles. The number of nitriles is 1. The molecule has 0 spiro atoms. The first kappa shape index (κ1) is 20.1. The maximum atomic E-state index is 12.3. The molecule has 3 aromatic carbocycles. The van der Waals surface area contributed by atoms with Crippen LogP contribution in [0.25, 0.3) is 11.1 Å². The molecule has 0 saturated heterocycles. The molecule has 29 heavy (non-hydrogen) atoms. The molecule has 0 aliphatic rings. The molecule has 0 heterocycles. The topological polar surface area (TPSA) is 96.3 Å². The van der Waals surface area contributed by atoms with Crippen LogP contribution in [0, 0.1) is 11.3 Å². The van der Waals surface area contributed by atoms with Crippen LogP contribution in [0.15, 0.2) is 77.7 Å². The second kappa shape index (κ2) is 8.59. The van der Waals surface area contributed by atoms with Crippen molar-refractivity contribution in [3.8, 4) is 22.9 Å². The van der Waals surface area contributed by atoms with Gasteiger partial charge in [0.05, 0.1) is 11.6 Å². The van der Waals surface area contributed by atoms with Crippen molar-refractivity contribution in [1.82, 2.24) is 0 Å². The molecule has 0 radical (unpaired) electrons. The van der Waals surface area contributed by atoms with Crippen molar-refractivity contribution in [1.29, 1.82) is 5.26 Å². The van der Waals surface area contributed by atoms with E-state index in [1.165, 1.54) is 12.1 Å². The number of rotatable bonds is 6. The Morgan fingerprint density at radius 2 is 1.76 bits per heavy atom. The lowest BCUT2D eigenvalue weighted by Gasteiger charge is -2.15. The largest absolute Gasteiger partial charge is 0.482 e. The zero-order valence-corrected chi connectivity index (χ0v) is 16.4. The zero-order valence-electron chi connectivity index (χ0n) is 15.6. The third-order valence-corrected chi connectivity index (χ3v) is 5.21. The highest BCUT2D eigenvalue weighted by atomic mass is 32.2. The van der Waals surface area contributed by atoms with Gasteiger partial charge in [-0.05, 0) is 29.8 Å². The van der Waals surface area contributed by atoms with E-state index in [1.807, 2.05) is 36.4 Å². The number of benzene rings is 3. The van der Waals surface area contributed by atoms with Crippen LogP contribution in [0.1, 0.15) is 5.56 Å². The molecule has 3 aromatic rings. The van der Waals surface area contributed by atoms with Gasteiger partial charge in [0.1, 0.15) is 10.6 Å². The fraction of sp³-hybridized carbons (Fsp3) is 0.0909. The molecule has 0 atom stereocenters. The molecule has 6 nitrogen and oxygen atoms in total. The number of ether oxygens (including phenoxy) is 1. The van der Waals surface area contributed by atoms with Gasteiger partial charge in [-0.15, -0.1) is 0 Å². The Hall–Kier alpha value is -3.63. The Labute approximate surface area is 169 Å². The molecule has 146 valence electrons. The number of para-hydroxylation sites is 1. The van der Waals surface area contributed by atoms with E-state index in [0.29, 0.717) is 16.8 Å². The Morgan fingerprint density at radius 1 is 1.03 bits per heavy atom. The average Bonchev–Trinajstić information content (AvgIpc) is 2.72. The number of hydrogen-bond donors (Lipinski definition) is 1. The normalized spacial score (nSPS) is 10.8. The van der Waals surface area contributed by atoms with Crippen LogP contribution in [0.2, 0.25) is 0 Å². The first-order chi connectivity index (χ1) is 13.9. The van der Waals surface area contributed by atoms with Crippen molar-refractivity contribution >= 4 is 21.4 Å². The summed E-state index contributed by atoms with van der Waals surface area (Å²) in [6.45, 7) is -0.386. The molecule has 0 aromatic heterocycles. The molecule has 0 unspecified atom stereocenters. The Bertz CT molecular complexity index is 1180. The van der Waals surface area contributed by atoms with Crippen molar-refractivity contribution in [2.75, 3.05) is 18.2 Å². The summed E-state index contributed by atoms with van der Waals surface area (Å²) < 4.78 is 30.1. The molecule has 0 bridgehead atoms. The molecule has 1 amide bonds. The van der Waals surface area contributed by atoms with E-state index in [1.54, 1.807) is 30.3 Å². The Morgan fingerprint density at radius 3 is 2.45 bits per heavy atom. The van der Waals surface area contributed by atoms with E-state index < -0.39 is 15.7 Å². The Kier molecular flexibility index (Phi) is 5.96. The van der Waals surface area contributed by atoms with E-state index in [0.717, 1.165) is 11.8 Å². The number of nitrogens with zero attached hydrogens (tertiary/aromatic N) is 1. The molecule has 7 heteroatoms. The van der Waals surface area contributed by atoms with Crippen molar-refractivity contribution < 1.29 is 17.9 Å². The van der Waals surface area contributed by atoms with Gasteiger partial charge in [0.25, 0.3) is 5.91 Å². The van der Waals surface area contributed by atoms with Gasteiger partial charge in [0.2, 0.25) is 0 Å². The fourth-order valence-corrected chi connectivity index (χ4v) is 3.63. The number of anilines is 1. The summed E-state index contributed by atoms with van der Waals surface area (Å²) in [5, 5.41) is 11.6. The van der Waals surface area contributed by atoms with Gasteiger partial charge in [-0.3, -0.25) is 4.79 Å². The summed E-state index contributed by atoms with van der Waals surface area (Å²) in [7, 11) is -3.57. The van der Waals surface area contributed by atoms with Crippen molar-refractivity contribution in [3.63, 3.8) is 0 Å². The molecule has 1 N–H and O–H groups in total. The maximum absolute atomic E-state index is 12.3. The quantitative estimate of drug-likeness (QED) is 0.674. The van der Waals surface area contributed by atoms with Gasteiger partial charge in [-0.2, -0.15) is 5.26 Å². The second-order valence-corrected chi connectivity index (χ2v) is 8.28. The standard InChI is InChI=1S/C22H18N2O4S/c1-29(26,27)20-12-6-11-19(17-8-3-2-4-9-17)22(20)28-15-21(25)24-18-10-5-7-16(13-18)14-23/h2-13H,15H2,1H3,(H,24,25). The van der Waals surface area contributed by atoms with Crippen LogP contribution < -0.4 is 10.1 Å². The highest BCUT2D eigenvalue weighted by Crippen LogP contribution is 2.35. The Balaban J connectivity index is 1.87. The predicted molar refractivity (Wildman–Crippen MR) is 110 cm³/mol. The van der Waals surface area contributed by atoms with Crippen molar-refractivity contribution in [3.05, 3.63) is 78.4 Å². The summed E-state index contributed by atoms with van der Waals surface area (Å²) in [6.07, 6.45) is 1.09. The van der Waals surface area contributed by atoms with Crippen LogP contribution in [0.5, 0.6) is 5.75 Å². The summed E-state index contributed by atoms with van der Waals surface area (Å²) in [4.78, 5) is 12.3. The van der Waals surface area contributed by atoms with Gasteiger partial charge in [-0.25, -0.2) is 8.42 Å². The predicted octanol–water partition coefficient (Wildman–Crippen LogP) is 3.65. The van der Waals surface area contributed by atoms with Crippen LogP contribution >= 0.6 is 0 Å². The molecule has 3 rings (SSSR count). The first-order valence-electron chi connectivity index (χ1n) is 8.70. The number of nitrogens with one attached hydrogen (secondary N) is 1. The van der Waals surface area contributed by atoms with Crippen molar-refractivity contribution in [2.24, 2.45) is 0 Å². The van der Waals surface area contributed by atoms with Gasteiger partial charge < -0.3 is 10.1 Å². The highest BCUT2D eigenvalue weighted by molar-refractivity contribution is 7.90. The summed E-state index contributed by atoms with van der Waals surface area (Å²) in [6, 6.07) is 22.5. The van der Waals surface area contributed by atoms with E-state index in [9.17, 15) is 13.2 Å². The number of sulfone groups is 1. The third kappa shape index (κ3) is 5.00.